The Morgan fingerprint density at radius 2 is 1.63 bits per heavy atom. The van der Waals surface area contributed by atoms with Crippen LogP contribution in [0.1, 0.15) is 46.0 Å². The summed E-state index contributed by atoms with van der Waals surface area (Å²) in [5.41, 5.74) is -0.923. The van der Waals surface area contributed by atoms with E-state index < -0.39 is 11.4 Å². The Hall–Kier alpha value is -1.39. The highest BCUT2D eigenvalue weighted by Crippen LogP contribution is 2.39. The molecule has 1 saturated heterocycles. The van der Waals surface area contributed by atoms with Crippen molar-refractivity contribution in [2.24, 2.45) is 17.3 Å². The van der Waals surface area contributed by atoms with Crippen LogP contribution < -0.4 is 0 Å². The van der Waals surface area contributed by atoms with Crippen LogP contribution in [0.5, 0.6) is 0 Å². The number of carboxylic acid groups (broad SMARTS) is 1. The van der Waals surface area contributed by atoms with Gasteiger partial charge in [-0.1, -0.05) is 33.1 Å². The zero-order valence-electron chi connectivity index (χ0n) is 11.5. The van der Waals surface area contributed by atoms with Crippen molar-refractivity contribution in [3.8, 4) is 0 Å². The molecule has 0 spiro atoms. The van der Waals surface area contributed by atoms with E-state index in [4.69, 9.17) is 0 Å². The summed E-state index contributed by atoms with van der Waals surface area (Å²) in [5.74, 6) is -1.98. The molecule has 0 aromatic rings. The van der Waals surface area contributed by atoms with Gasteiger partial charge in [0.25, 0.3) is 0 Å². The van der Waals surface area contributed by atoms with Gasteiger partial charge in [-0.25, -0.2) is 0 Å². The number of carbonyl (C=O) groups excluding carboxylic acids is 2. The van der Waals surface area contributed by atoms with Crippen LogP contribution in [0.3, 0.4) is 0 Å². The first-order valence-electron chi connectivity index (χ1n) is 6.98. The third-order valence-electron chi connectivity index (χ3n) is 4.79. The first kappa shape index (κ1) is 14.0. The van der Waals surface area contributed by atoms with E-state index in [2.05, 4.69) is 0 Å². The van der Waals surface area contributed by atoms with Crippen molar-refractivity contribution in [1.82, 2.24) is 4.90 Å². The van der Waals surface area contributed by atoms with Crippen LogP contribution in [-0.4, -0.2) is 34.3 Å². The molecule has 0 aromatic heterocycles. The lowest BCUT2D eigenvalue weighted by Gasteiger charge is -2.35. The van der Waals surface area contributed by atoms with Crippen LogP contribution in [0.25, 0.3) is 0 Å². The molecular formula is C14H21NO4. The van der Waals surface area contributed by atoms with Crippen molar-refractivity contribution < 1.29 is 19.5 Å². The van der Waals surface area contributed by atoms with Crippen molar-refractivity contribution in [1.29, 1.82) is 0 Å². The summed E-state index contributed by atoms with van der Waals surface area (Å²) in [6.07, 6.45) is 3.86. The molecule has 5 heteroatoms. The van der Waals surface area contributed by atoms with Crippen LogP contribution in [0.4, 0.5) is 0 Å². The molecule has 106 valence electrons. The summed E-state index contributed by atoms with van der Waals surface area (Å²) in [5, 5.41) is 9.50. The molecule has 1 aliphatic carbocycles. The molecule has 19 heavy (non-hydrogen) atoms. The summed E-state index contributed by atoms with van der Waals surface area (Å²) in [6.45, 7) is 3.52. The SMILES string of the molecule is CC1C(=O)N(CC2(C(=O)O)CCCCC2)C(=O)C1C. The van der Waals surface area contributed by atoms with Gasteiger partial charge in [-0.3, -0.25) is 19.3 Å². The number of carboxylic acids is 1. The number of nitrogens with zero attached hydrogens (tertiary/aromatic N) is 1. The fraction of sp³-hybridized carbons (Fsp3) is 0.786. The van der Waals surface area contributed by atoms with Crippen LogP contribution >= 0.6 is 0 Å². The normalized spacial score (nSPS) is 30.7. The third-order valence-corrected chi connectivity index (χ3v) is 4.79. The second-order valence-corrected chi connectivity index (χ2v) is 5.99. The minimum absolute atomic E-state index is 0.0503. The molecule has 2 rings (SSSR count). The van der Waals surface area contributed by atoms with Gasteiger partial charge in [0.2, 0.25) is 11.8 Å². The largest absolute Gasteiger partial charge is 0.481 e. The first-order valence-corrected chi connectivity index (χ1v) is 6.98. The summed E-state index contributed by atoms with van der Waals surface area (Å²) >= 11 is 0. The number of hydrogen-bond donors (Lipinski definition) is 1. The number of amides is 2. The molecule has 1 heterocycles. The molecule has 2 atom stereocenters. The Morgan fingerprint density at radius 1 is 1.16 bits per heavy atom. The lowest BCUT2D eigenvalue weighted by Crippen LogP contribution is -2.47. The van der Waals surface area contributed by atoms with Crippen LogP contribution in [0.2, 0.25) is 0 Å². The van der Waals surface area contributed by atoms with E-state index in [9.17, 15) is 19.5 Å². The molecule has 5 nitrogen and oxygen atoms in total. The van der Waals surface area contributed by atoms with Gasteiger partial charge in [0.05, 0.1) is 5.41 Å². The van der Waals surface area contributed by atoms with Crippen LogP contribution in [0.15, 0.2) is 0 Å². The van der Waals surface area contributed by atoms with E-state index >= 15 is 0 Å². The lowest BCUT2D eigenvalue weighted by atomic mass is 9.73. The molecule has 1 saturated carbocycles. The molecule has 1 N–H and O–H groups in total. The molecule has 2 aliphatic rings. The number of rotatable bonds is 3. The van der Waals surface area contributed by atoms with Gasteiger partial charge in [0.15, 0.2) is 0 Å². The number of imide groups is 1. The Bertz CT molecular complexity index is 392. The highest BCUT2D eigenvalue weighted by atomic mass is 16.4. The minimum atomic E-state index is -0.923. The van der Waals surface area contributed by atoms with E-state index in [0.717, 1.165) is 19.3 Å². The van der Waals surface area contributed by atoms with Crippen molar-refractivity contribution in [2.45, 2.75) is 46.0 Å². The maximum absolute atomic E-state index is 12.1. The maximum atomic E-state index is 12.1. The van der Waals surface area contributed by atoms with Gasteiger partial charge in [0.1, 0.15) is 0 Å². The lowest BCUT2D eigenvalue weighted by molar-refractivity contribution is -0.155. The summed E-state index contributed by atoms with van der Waals surface area (Å²) < 4.78 is 0. The van der Waals surface area contributed by atoms with Gasteiger partial charge in [-0.15, -0.1) is 0 Å². The van der Waals surface area contributed by atoms with E-state index in [-0.39, 0.29) is 30.2 Å². The van der Waals surface area contributed by atoms with Gasteiger partial charge in [0, 0.05) is 18.4 Å². The summed E-state index contributed by atoms with van der Waals surface area (Å²) in [6, 6.07) is 0. The van der Waals surface area contributed by atoms with Gasteiger partial charge in [-0.05, 0) is 12.8 Å². The fourth-order valence-electron chi connectivity index (χ4n) is 3.15. The Morgan fingerprint density at radius 3 is 2.05 bits per heavy atom. The monoisotopic (exact) mass is 267 g/mol. The van der Waals surface area contributed by atoms with Crippen molar-refractivity contribution >= 4 is 17.8 Å². The maximum Gasteiger partial charge on any atom is 0.311 e. The molecule has 1 aliphatic heterocycles. The fourth-order valence-corrected chi connectivity index (χ4v) is 3.15. The number of likely N-dealkylation sites (tertiary alicyclic amines) is 1. The van der Waals surface area contributed by atoms with E-state index in [1.165, 1.54) is 4.90 Å². The third kappa shape index (κ3) is 2.26. The molecule has 0 radical (unpaired) electrons. The van der Waals surface area contributed by atoms with Crippen LogP contribution in [0, 0.1) is 17.3 Å². The quantitative estimate of drug-likeness (QED) is 0.789. The number of carbonyl (C=O) groups is 3. The minimum Gasteiger partial charge on any atom is -0.481 e. The molecular weight excluding hydrogens is 246 g/mol. The number of hydrogen-bond acceptors (Lipinski definition) is 3. The average molecular weight is 267 g/mol. The molecule has 0 bridgehead atoms. The molecule has 2 fully saturated rings. The van der Waals surface area contributed by atoms with Crippen molar-refractivity contribution in [3.05, 3.63) is 0 Å². The Kier molecular flexibility index (Phi) is 3.65. The van der Waals surface area contributed by atoms with Gasteiger partial charge >= 0.3 is 5.97 Å². The highest BCUT2D eigenvalue weighted by Gasteiger charge is 2.49. The van der Waals surface area contributed by atoms with E-state index in [0.29, 0.717) is 12.8 Å². The Balaban J connectivity index is 2.20. The molecule has 0 aromatic carbocycles. The van der Waals surface area contributed by atoms with E-state index in [1.54, 1.807) is 13.8 Å². The van der Waals surface area contributed by atoms with Crippen molar-refractivity contribution in [3.63, 3.8) is 0 Å². The topological polar surface area (TPSA) is 74.7 Å². The first-order chi connectivity index (χ1) is 8.89. The van der Waals surface area contributed by atoms with Gasteiger partial charge in [-0.2, -0.15) is 0 Å². The smallest absolute Gasteiger partial charge is 0.311 e. The summed E-state index contributed by atoms with van der Waals surface area (Å²) in [4.78, 5) is 36.9. The Labute approximate surface area is 113 Å². The highest BCUT2D eigenvalue weighted by molar-refractivity contribution is 6.05. The summed E-state index contributed by atoms with van der Waals surface area (Å²) in [7, 11) is 0. The molecule has 2 amide bonds. The second-order valence-electron chi connectivity index (χ2n) is 5.99. The molecule has 2 unspecified atom stereocenters. The zero-order valence-corrected chi connectivity index (χ0v) is 11.5. The van der Waals surface area contributed by atoms with Crippen LogP contribution in [-0.2, 0) is 14.4 Å². The van der Waals surface area contributed by atoms with E-state index in [1.807, 2.05) is 0 Å². The number of aliphatic carboxylic acids is 1. The average Bonchev–Trinajstić information content (AvgIpc) is 2.57. The predicted octanol–water partition coefficient (Wildman–Crippen LogP) is 1.66. The standard InChI is InChI=1S/C14H21NO4/c1-9-10(2)12(17)15(11(9)16)8-14(13(18)19)6-4-3-5-7-14/h9-10H,3-8H2,1-2H3,(H,18,19). The predicted molar refractivity (Wildman–Crippen MR) is 68.2 cm³/mol. The van der Waals surface area contributed by atoms with Crippen molar-refractivity contribution in [2.75, 3.05) is 6.54 Å². The second kappa shape index (κ2) is 4.94. The zero-order chi connectivity index (χ0) is 14.2. The van der Waals surface area contributed by atoms with Gasteiger partial charge < -0.3 is 5.11 Å².